The van der Waals surface area contributed by atoms with Crippen LogP contribution in [0.15, 0.2) is 12.7 Å². The highest BCUT2D eigenvalue weighted by Gasteiger charge is 2.07. The van der Waals surface area contributed by atoms with Crippen molar-refractivity contribution in [2.45, 2.75) is 12.5 Å². The predicted octanol–water partition coefficient (Wildman–Crippen LogP) is -0.582. The molecule has 0 radical (unpaired) electrons. The van der Waals surface area contributed by atoms with Crippen molar-refractivity contribution in [1.82, 2.24) is 0 Å². The molecule has 0 aromatic rings. The Bertz CT molecular complexity index is 112. The molecule has 0 aromatic heterocycles. The fourth-order valence-electron chi connectivity index (χ4n) is 0.462. The first-order valence-corrected chi connectivity index (χ1v) is 2.81. The first kappa shape index (κ1) is 8.33. The van der Waals surface area contributed by atoms with Crippen LogP contribution in [0.2, 0.25) is 0 Å². The van der Waals surface area contributed by atoms with Crippen molar-refractivity contribution in [1.29, 1.82) is 0 Å². The molecule has 0 fully saturated rings. The number of hydrogen-bond donors (Lipinski definition) is 2. The summed E-state index contributed by atoms with van der Waals surface area (Å²) in [5.74, 6) is -0.116. The third-order valence-corrected chi connectivity index (χ3v) is 1.04. The van der Waals surface area contributed by atoms with Gasteiger partial charge in [-0.1, -0.05) is 6.08 Å². The first-order chi connectivity index (χ1) is 4.22. The summed E-state index contributed by atoms with van der Waals surface area (Å²) in [4.78, 5) is 10.6. The summed E-state index contributed by atoms with van der Waals surface area (Å²) in [6.07, 6.45) is 2.12. The number of ketones is 1. The van der Waals surface area contributed by atoms with E-state index in [0.29, 0.717) is 6.42 Å². The van der Waals surface area contributed by atoms with Crippen LogP contribution in [0.1, 0.15) is 6.42 Å². The molecule has 0 spiro atoms. The molecule has 0 heterocycles. The van der Waals surface area contributed by atoms with E-state index in [1.165, 1.54) is 0 Å². The van der Waals surface area contributed by atoms with Gasteiger partial charge in [0.1, 0.15) is 0 Å². The van der Waals surface area contributed by atoms with Crippen molar-refractivity contribution in [2.75, 3.05) is 6.54 Å². The van der Waals surface area contributed by atoms with Gasteiger partial charge in [-0.3, -0.25) is 4.79 Å². The molecule has 0 aromatic carbocycles. The Balaban J connectivity index is 3.58. The average Bonchev–Trinajstić information content (AvgIpc) is 1.87. The normalized spacial score (nSPS) is 12.7. The molecule has 52 valence electrons. The highest BCUT2D eigenvalue weighted by atomic mass is 16.1. The van der Waals surface area contributed by atoms with E-state index in [1.807, 2.05) is 0 Å². The van der Waals surface area contributed by atoms with Crippen LogP contribution < -0.4 is 11.5 Å². The zero-order valence-corrected chi connectivity index (χ0v) is 5.34. The SMILES string of the molecule is C=CCC(N)C(=O)CN. The molecule has 4 N–H and O–H groups in total. The van der Waals surface area contributed by atoms with Crippen molar-refractivity contribution in [3.05, 3.63) is 12.7 Å². The smallest absolute Gasteiger partial charge is 0.163 e. The van der Waals surface area contributed by atoms with Crippen LogP contribution in [0.25, 0.3) is 0 Å². The maximum atomic E-state index is 10.6. The second-order valence-electron chi connectivity index (χ2n) is 1.80. The Morgan fingerprint density at radius 3 is 2.67 bits per heavy atom. The lowest BCUT2D eigenvalue weighted by Gasteiger charge is -2.03. The number of nitrogens with two attached hydrogens (primary N) is 2. The van der Waals surface area contributed by atoms with Crippen molar-refractivity contribution < 1.29 is 4.79 Å². The molecule has 0 bridgehead atoms. The zero-order chi connectivity index (χ0) is 7.28. The molecule has 0 aliphatic rings. The fraction of sp³-hybridized carbons (Fsp3) is 0.500. The largest absolute Gasteiger partial charge is 0.324 e. The molecule has 0 aliphatic heterocycles. The van der Waals surface area contributed by atoms with Gasteiger partial charge in [-0.05, 0) is 6.42 Å². The van der Waals surface area contributed by atoms with Gasteiger partial charge in [0.2, 0.25) is 0 Å². The van der Waals surface area contributed by atoms with E-state index < -0.39 is 6.04 Å². The van der Waals surface area contributed by atoms with Gasteiger partial charge in [0, 0.05) is 0 Å². The highest BCUT2D eigenvalue weighted by molar-refractivity contribution is 5.85. The Labute approximate surface area is 54.7 Å². The monoisotopic (exact) mass is 128 g/mol. The number of carbonyl (C=O) groups excluding carboxylic acids is 1. The van der Waals surface area contributed by atoms with Gasteiger partial charge in [0.25, 0.3) is 0 Å². The van der Waals surface area contributed by atoms with Crippen molar-refractivity contribution >= 4 is 5.78 Å². The van der Waals surface area contributed by atoms with Gasteiger partial charge in [-0.15, -0.1) is 6.58 Å². The quantitative estimate of drug-likeness (QED) is 0.497. The van der Waals surface area contributed by atoms with Crippen LogP contribution in [0, 0.1) is 0 Å². The number of rotatable bonds is 4. The molecular weight excluding hydrogens is 116 g/mol. The lowest BCUT2D eigenvalue weighted by atomic mass is 10.1. The summed E-state index contributed by atoms with van der Waals surface area (Å²) in [6.45, 7) is 3.47. The first-order valence-electron chi connectivity index (χ1n) is 2.81. The van der Waals surface area contributed by atoms with Gasteiger partial charge in [-0.25, -0.2) is 0 Å². The maximum Gasteiger partial charge on any atom is 0.163 e. The Morgan fingerprint density at radius 1 is 1.78 bits per heavy atom. The number of hydrogen-bond acceptors (Lipinski definition) is 3. The third kappa shape index (κ3) is 3.00. The predicted molar refractivity (Wildman–Crippen MR) is 36.9 cm³/mol. The summed E-state index contributed by atoms with van der Waals surface area (Å²) >= 11 is 0. The lowest BCUT2D eigenvalue weighted by Crippen LogP contribution is -2.34. The van der Waals surface area contributed by atoms with E-state index in [0.717, 1.165) is 0 Å². The van der Waals surface area contributed by atoms with E-state index in [9.17, 15) is 4.79 Å². The molecule has 3 heteroatoms. The van der Waals surface area contributed by atoms with E-state index in [4.69, 9.17) is 11.5 Å². The van der Waals surface area contributed by atoms with Gasteiger partial charge >= 0.3 is 0 Å². The number of Topliss-reactive ketones (excluding diaryl/α,β-unsaturated/α-hetero) is 1. The summed E-state index contributed by atoms with van der Waals surface area (Å²) in [5.41, 5.74) is 10.4. The molecule has 0 saturated carbocycles. The van der Waals surface area contributed by atoms with Crippen LogP contribution in [0.5, 0.6) is 0 Å². The minimum absolute atomic E-state index is 0.0228. The molecule has 0 rings (SSSR count). The van der Waals surface area contributed by atoms with Gasteiger partial charge in [-0.2, -0.15) is 0 Å². The summed E-state index contributed by atoms with van der Waals surface area (Å²) in [7, 11) is 0. The minimum atomic E-state index is -0.451. The third-order valence-electron chi connectivity index (χ3n) is 1.04. The van der Waals surface area contributed by atoms with Crippen molar-refractivity contribution in [3.63, 3.8) is 0 Å². The lowest BCUT2D eigenvalue weighted by molar-refractivity contribution is -0.118. The van der Waals surface area contributed by atoms with E-state index >= 15 is 0 Å². The summed E-state index contributed by atoms with van der Waals surface area (Å²) in [6, 6.07) is -0.451. The molecule has 0 aliphatic carbocycles. The second-order valence-corrected chi connectivity index (χ2v) is 1.80. The van der Waals surface area contributed by atoms with Crippen LogP contribution in [-0.4, -0.2) is 18.4 Å². The maximum absolute atomic E-state index is 10.6. The number of carbonyl (C=O) groups is 1. The topological polar surface area (TPSA) is 69.1 Å². The van der Waals surface area contributed by atoms with Crippen LogP contribution in [0.3, 0.4) is 0 Å². The molecule has 0 amide bonds. The Morgan fingerprint density at radius 2 is 2.33 bits per heavy atom. The van der Waals surface area contributed by atoms with Crippen molar-refractivity contribution in [3.8, 4) is 0 Å². The summed E-state index contributed by atoms with van der Waals surface area (Å²) in [5, 5.41) is 0. The molecular formula is C6H12N2O. The minimum Gasteiger partial charge on any atom is -0.324 e. The van der Waals surface area contributed by atoms with E-state index in [2.05, 4.69) is 6.58 Å². The molecule has 0 saturated heterocycles. The Hall–Kier alpha value is -0.670. The van der Waals surface area contributed by atoms with Gasteiger partial charge in [0.05, 0.1) is 12.6 Å². The standard InChI is InChI=1S/C6H12N2O/c1-2-3-5(8)6(9)4-7/h2,5H,1,3-4,7-8H2. The Kier molecular flexibility index (Phi) is 3.92. The molecule has 3 nitrogen and oxygen atoms in total. The second kappa shape index (κ2) is 4.23. The summed E-state index contributed by atoms with van der Waals surface area (Å²) < 4.78 is 0. The van der Waals surface area contributed by atoms with Gasteiger partial charge in [0.15, 0.2) is 5.78 Å². The molecule has 1 unspecified atom stereocenters. The molecule has 9 heavy (non-hydrogen) atoms. The van der Waals surface area contributed by atoms with Crippen LogP contribution in [-0.2, 0) is 4.79 Å². The zero-order valence-electron chi connectivity index (χ0n) is 5.34. The van der Waals surface area contributed by atoms with Gasteiger partial charge < -0.3 is 11.5 Å². The average molecular weight is 128 g/mol. The van der Waals surface area contributed by atoms with Crippen molar-refractivity contribution in [2.24, 2.45) is 11.5 Å². The molecule has 1 atom stereocenters. The highest BCUT2D eigenvalue weighted by Crippen LogP contribution is 1.88. The fourth-order valence-corrected chi connectivity index (χ4v) is 0.462. The van der Waals surface area contributed by atoms with E-state index in [-0.39, 0.29) is 12.3 Å². The van der Waals surface area contributed by atoms with E-state index in [1.54, 1.807) is 6.08 Å². The van der Waals surface area contributed by atoms with Crippen LogP contribution >= 0.6 is 0 Å². The van der Waals surface area contributed by atoms with Crippen LogP contribution in [0.4, 0.5) is 0 Å².